The molecule has 0 saturated heterocycles. The Labute approximate surface area is 127 Å². The summed E-state index contributed by atoms with van der Waals surface area (Å²) in [6.45, 7) is 0.151. The van der Waals surface area contributed by atoms with Crippen LogP contribution >= 0.6 is 15.9 Å². The smallest absolute Gasteiger partial charge is 0.242 e. The van der Waals surface area contributed by atoms with Crippen LogP contribution in [0.4, 0.5) is 8.78 Å². The molecule has 2 aromatic heterocycles. The van der Waals surface area contributed by atoms with Gasteiger partial charge < -0.3 is 10.5 Å². The first-order chi connectivity index (χ1) is 10.1. The number of ether oxygens (including phenoxy) is 1. The summed E-state index contributed by atoms with van der Waals surface area (Å²) in [6.07, 6.45) is 1.77. The molecule has 0 saturated carbocycles. The maximum Gasteiger partial charge on any atom is 0.242 e. The Morgan fingerprint density at radius 1 is 1.29 bits per heavy atom. The van der Waals surface area contributed by atoms with Gasteiger partial charge in [-0.3, -0.25) is 4.40 Å². The maximum absolute atomic E-state index is 13.8. The largest absolute Gasteiger partial charge is 0.434 e. The number of nitrogens with two attached hydrogens (primary N) is 1. The van der Waals surface area contributed by atoms with Gasteiger partial charge in [0.2, 0.25) is 11.7 Å². The topological polar surface area (TPSA) is 52.5 Å². The molecule has 0 unspecified atom stereocenters. The molecule has 0 aliphatic carbocycles. The Hall–Kier alpha value is -1.99. The number of imidazole rings is 1. The van der Waals surface area contributed by atoms with E-state index in [-0.39, 0.29) is 18.2 Å². The Kier molecular flexibility index (Phi) is 3.60. The fourth-order valence-electron chi connectivity index (χ4n) is 2.00. The zero-order valence-corrected chi connectivity index (χ0v) is 12.3. The molecule has 0 fully saturated rings. The Morgan fingerprint density at radius 2 is 2.10 bits per heavy atom. The van der Waals surface area contributed by atoms with E-state index in [1.807, 2.05) is 12.1 Å². The monoisotopic (exact) mass is 353 g/mol. The van der Waals surface area contributed by atoms with Crippen molar-refractivity contribution in [3.8, 4) is 11.6 Å². The molecule has 0 amide bonds. The van der Waals surface area contributed by atoms with Crippen molar-refractivity contribution in [2.24, 2.45) is 5.73 Å². The third kappa shape index (κ3) is 2.50. The second-order valence-corrected chi connectivity index (χ2v) is 5.21. The Balaban J connectivity index is 2.10. The molecule has 1 aromatic carbocycles. The summed E-state index contributed by atoms with van der Waals surface area (Å²) in [6, 6.07) is 7.76. The number of aromatic nitrogens is 2. The van der Waals surface area contributed by atoms with Gasteiger partial charge in [0.05, 0.1) is 0 Å². The van der Waals surface area contributed by atoms with E-state index in [0.29, 0.717) is 15.8 Å². The van der Waals surface area contributed by atoms with E-state index < -0.39 is 11.6 Å². The molecule has 2 N–H and O–H groups in total. The van der Waals surface area contributed by atoms with Crippen molar-refractivity contribution >= 4 is 21.6 Å². The molecular formula is C14H10BrF2N3O. The van der Waals surface area contributed by atoms with Gasteiger partial charge in [-0.25, -0.2) is 4.39 Å². The highest BCUT2D eigenvalue weighted by Gasteiger charge is 2.17. The molecule has 7 heteroatoms. The van der Waals surface area contributed by atoms with Gasteiger partial charge in [0.25, 0.3) is 0 Å². The lowest BCUT2D eigenvalue weighted by Gasteiger charge is -2.07. The van der Waals surface area contributed by atoms with Crippen LogP contribution in [0.25, 0.3) is 5.65 Å². The Bertz CT molecular complexity index is 819. The standard InChI is InChI=1S/C14H10BrF2N3O/c15-8-5-9(16)13(17)11(6-8)21-14-10(7-18)20-4-2-1-3-12(20)19-14/h1-6H,7,18H2. The van der Waals surface area contributed by atoms with Crippen LogP contribution in [0, 0.1) is 11.6 Å². The highest BCUT2D eigenvalue weighted by Crippen LogP contribution is 2.31. The number of rotatable bonds is 3. The first-order valence-electron chi connectivity index (χ1n) is 6.08. The average Bonchev–Trinajstić information content (AvgIpc) is 2.81. The van der Waals surface area contributed by atoms with Crippen LogP contribution in [0.2, 0.25) is 0 Å². The van der Waals surface area contributed by atoms with Crippen LogP contribution in [0.3, 0.4) is 0 Å². The van der Waals surface area contributed by atoms with E-state index in [2.05, 4.69) is 20.9 Å². The van der Waals surface area contributed by atoms with Crippen molar-refractivity contribution in [3.63, 3.8) is 0 Å². The second-order valence-electron chi connectivity index (χ2n) is 4.30. The minimum absolute atomic E-state index is 0.151. The lowest BCUT2D eigenvalue weighted by atomic mass is 10.3. The minimum Gasteiger partial charge on any atom is -0.434 e. The highest BCUT2D eigenvalue weighted by molar-refractivity contribution is 9.10. The molecule has 0 atom stereocenters. The molecule has 0 radical (unpaired) electrons. The average molecular weight is 354 g/mol. The SMILES string of the molecule is NCc1c(Oc2cc(Br)cc(F)c2F)nc2ccccn12. The number of nitrogens with zero attached hydrogens (tertiary/aromatic N) is 2. The maximum atomic E-state index is 13.8. The summed E-state index contributed by atoms with van der Waals surface area (Å²) in [7, 11) is 0. The second kappa shape index (κ2) is 5.42. The van der Waals surface area contributed by atoms with Crippen molar-refractivity contribution in [3.05, 3.63) is 58.3 Å². The van der Waals surface area contributed by atoms with E-state index in [1.54, 1.807) is 16.7 Å². The summed E-state index contributed by atoms with van der Waals surface area (Å²) in [4.78, 5) is 4.24. The van der Waals surface area contributed by atoms with Gasteiger partial charge in [0.1, 0.15) is 11.3 Å². The number of hydrogen-bond donors (Lipinski definition) is 1. The number of halogens is 3. The molecule has 0 aliphatic heterocycles. The van der Waals surface area contributed by atoms with Crippen LogP contribution in [0.5, 0.6) is 11.6 Å². The third-order valence-electron chi connectivity index (χ3n) is 2.95. The van der Waals surface area contributed by atoms with Gasteiger partial charge in [-0.15, -0.1) is 0 Å². The lowest BCUT2D eigenvalue weighted by Crippen LogP contribution is -2.03. The normalized spacial score (nSPS) is 11.0. The van der Waals surface area contributed by atoms with Gasteiger partial charge in [0.15, 0.2) is 11.6 Å². The van der Waals surface area contributed by atoms with E-state index in [0.717, 1.165) is 6.07 Å². The molecular weight excluding hydrogens is 344 g/mol. The van der Waals surface area contributed by atoms with Crippen molar-refractivity contribution in [1.29, 1.82) is 0 Å². The molecule has 108 valence electrons. The first-order valence-corrected chi connectivity index (χ1v) is 6.88. The number of pyridine rings is 1. The van der Waals surface area contributed by atoms with Crippen molar-refractivity contribution in [2.45, 2.75) is 6.54 Å². The zero-order valence-electron chi connectivity index (χ0n) is 10.7. The summed E-state index contributed by atoms with van der Waals surface area (Å²) < 4.78 is 34.7. The third-order valence-corrected chi connectivity index (χ3v) is 3.41. The van der Waals surface area contributed by atoms with Crippen LogP contribution < -0.4 is 10.5 Å². The molecule has 4 nitrogen and oxygen atoms in total. The predicted molar refractivity (Wildman–Crippen MR) is 77.2 cm³/mol. The van der Waals surface area contributed by atoms with Crippen molar-refractivity contribution in [2.75, 3.05) is 0 Å². The number of hydrogen-bond acceptors (Lipinski definition) is 3. The molecule has 2 heterocycles. The van der Waals surface area contributed by atoms with Gasteiger partial charge in [-0.05, 0) is 24.3 Å². The quantitative estimate of drug-likeness (QED) is 0.731. The molecule has 21 heavy (non-hydrogen) atoms. The summed E-state index contributed by atoms with van der Waals surface area (Å²) in [5.74, 6) is -2.17. The minimum atomic E-state index is -1.07. The van der Waals surface area contributed by atoms with Crippen molar-refractivity contribution in [1.82, 2.24) is 9.38 Å². The lowest BCUT2D eigenvalue weighted by molar-refractivity contribution is 0.403. The summed E-state index contributed by atoms with van der Waals surface area (Å²) in [5, 5.41) is 0. The Morgan fingerprint density at radius 3 is 2.86 bits per heavy atom. The number of fused-ring (bicyclic) bond motifs is 1. The van der Waals surface area contributed by atoms with Gasteiger partial charge in [-0.2, -0.15) is 9.37 Å². The van der Waals surface area contributed by atoms with E-state index in [1.165, 1.54) is 6.07 Å². The van der Waals surface area contributed by atoms with Crippen LogP contribution in [-0.2, 0) is 6.54 Å². The molecule has 0 aliphatic rings. The van der Waals surface area contributed by atoms with Gasteiger partial charge in [0, 0.05) is 17.2 Å². The first kappa shape index (κ1) is 14.0. The van der Waals surface area contributed by atoms with E-state index in [9.17, 15) is 8.78 Å². The summed E-state index contributed by atoms with van der Waals surface area (Å²) >= 11 is 3.09. The number of benzene rings is 1. The van der Waals surface area contributed by atoms with Crippen LogP contribution in [0.15, 0.2) is 41.0 Å². The predicted octanol–water partition coefficient (Wildman–Crippen LogP) is 3.63. The fraction of sp³-hybridized carbons (Fsp3) is 0.0714. The molecule has 0 spiro atoms. The molecule has 0 bridgehead atoms. The van der Waals surface area contributed by atoms with Crippen molar-refractivity contribution < 1.29 is 13.5 Å². The van der Waals surface area contributed by atoms with Crippen LogP contribution in [-0.4, -0.2) is 9.38 Å². The molecule has 3 rings (SSSR count). The van der Waals surface area contributed by atoms with Gasteiger partial charge in [-0.1, -0.05) is 22.0 Å². The van der Waals surface area contributed by atoms with Gasteiger partial charge >= 0.3 is 0 Å². The molecule has 3 aromatic rings. The van der Waals surface area contributed by atoms with E-state index in [4.69, 9.17) is 10.5 Å². The summed E-state index contributed by atoms with van der Waals surface area (Å²) in [5.41, 5.74) is 6.88. The van der Waals surface area contributed by atoms with Crippen LogP contribution in [0.1, 0.15) is 5.69 Å². The zero-order chi connectivity index (χ0) is 15.0. The van der Waals surface area contributed by atoms with E-state index >= 15 is 0 Å². The fourth-order valence-corrected chi connectivity index (χ4v) is 2.41. The highest BCUT2D eigenvalue weighted by atomic mass is 79.9.